The average molecular weight is 365 g/mol. The van der Waals surface area contributed by atoms with E-state index in [4.69, 9.17) is 0 Å². The fourth-order valence-corrected chi connectivity index (χ4v) is 3.99. The molecule has 2 aliphatic heterocycles. The number of anilines is 3. The molecule has 2 aromatic carbocycles. The molecule has 1 unspecified atom stereocenters. The van der Waals surface area contributed by atoms with Crippen LogP contribution in [-0.2, 0) is 4.79 Å². The second-order valence-corrected chi connectivity index (χ2v) is 7.51. The number of aryl methyl sites for hydroxylation is 1. The van der Waals surface area contributed by atoms with E-state index in [9.17, 15) is 9.18 Å². The third kappa shape index (κ3) is 3.42. The molecule has 27 heavy (non-hydrogen) atoms. The van der Waals surface area contributed by atoms with Gasteiger partial charge in [-0.3, -0.25) is 4.79 Å². The summed E-state index contributed by atoms with van der Waals surface area (Å²) in [6, 6.07) is 11.0. The number of nitrogens with zero attached hydrogens (tertiary/aromatic N) is 1. The number of benzene rings is 2. The SMILES string of the molecule is Cc1cccc2c1C(=CNc1ccc(N3CCCC(C)C3)c(F)c1)C(=O)N2. The zero-order valence-electron chi connectivity index (χ0n) is 15.7. The van der Waals surface area contributed by atoms with Crippen molar-refractivity contribution in [3.05, 3.63) is 59.5 Å². The molecule has 2 heterocycles. The Hall–Kier alpha value is -2.82. The molecule has 140 valence electrons. The maximum Gasteiger partial charge on any atom is 0.257 e. The lowest BCUT2D eigenvalue weighted by atomic mass is 9.99. The van der Waals surface area contributed by atoms with Crippen LogP contribution < -0.4 is 15.5 Å². The number of amides is 1. The Balaban J connectivity index is 1.55. The Labute approximate surface area is 159 Å². The molecule has 2 aliphatic rings. The molecule has 2 aromatic rings. The van der Waals surface area contributed by atoms with E-state index in [0.717, 1.165) is 36.3 Å². The van der Waals surface area contributed by atoms with E-state index in [1.165, 1.54) is 12.5 Å². The van der Waals surface area contributed by atoms with Crippen LogP contribution in [0.4, 0.5) is 21.5 Å². The summed E-state index contributed by atoms with van der Waals surface area (Å²) < 4.78 is 14.7. The van der Waals surface area contributed by atoms with Crippen LogP contribution in [0.15, 0.2) is 42.6 Å². The Morgan fingerprint density at radius 3 is 2.93 bits per heavy atom. The molecule has 1 amide bonds. The Morgan fingerprint density at radius 2 is 2.15 bits per heavy atom. The van der Waals surface area contributed by atoms with Gasteiger partial charge in [-0.1, -0.05) is 19.1 Å². The van der Waals surface area contributed by atoms with Crippen LogP contribution >= 0.6 is 0 Å². The van der Waals surface area contributed by atoms with Gasteiger partial charge in [0.1, 0.15) is 5.82 Å². The van der Waals surface area contributed by atoms with E-state index in [0.29, 0.717) is 22.9 Å². The first kappa shape index (κ1) is 17.6. The second-order valence-electron chi connectivity index (χ2n) is 7.51. The summed E-state index contributed by atoms with van der Waals surface area (Å²) in [7, 11) is 0. The third-order valence-corrected chi connectivity index (χ3v) is 5.36. The van der Waals surface area contributed by atoms with Crippen LogP contribution in [0, 0.1) is 18.7 Å². The zero-order valence-corrected chi connectivity index (χ0v) is 15.7. The molecule has 1 saturated heterocycles. The normalized spacial score (nSPS) is 20.6. The highest BCUT2D eigenvalue weighted by atomic mass is 19.1. The first-order valence-electron chi connectivity index (χ1n) is 9.45. The van der Waals surface area contributed by atoms with Crippen LogP contribution in [0.3, 0.4) is 0 Å². The van der Waals surface area contributed by atoms with Gasteiger partial charge in [0, 0.05) is 36.2 Å². The van der Waals surface area contributed by atoms with Crippen molar-refractivity contribution in [3.8, 4) is 0 Å². The Morgan fingerprint density at radius 1 is 1.30 bits per heavy atom. The van der Waals surface area contributed by atoms with Gasteiger partial charge in [0.05, 0.1) is 11.3 Å². The van der Waals surface area contributed by atoms with Gasteiger partial charge in [0.15, 0.2) is 0 Å². The van der Waals surface area contributed by atoms with Gasteiger partial charge < -0.3 is 15.5 Å². The van der Waals surface area contributed by atoms with E-state index >= 15 is 0 Å². The number of halogens is 1. The lowest BCUT2D eigenvalue weighted by molar-refractivity contribution is -0.110. The van der Waals surface area contributed by atoms with E-state index in [2.05, 4.69) is 22.5 Å². The van der Waals surface area contributed by atoms with Gasteiger partial charge in [0.2, 0.25) is 0 Å². The Bertz CT molecular complexity index is 922. The molecule has 0 radical (unpaired) electrons. The summed E-state index contributed by atoms with van der Waals surface area (Å²) in [5.74, 6) is 0.205. The van der Waals surface area contributed by atoms with Crippen LogP contribution in [0.1, 0.15) is 30.9 Å². The quantitative estimate of drug-likeness (QED) is 0.770. The number of carbonyl (C=O) groups excluding carboxylic acids is 1. The molecule has 0 bridgehead atoms. The van der Waals surface area contributed by atoms with Crippen molar-refractivity contribution in [2.45, 2.75) is 26.7 Å². The minimum absolute atomic E-state index is 0.147. The van der Waals surface area contributed by atoms with Gasteiger partial charge in [-0.2, -0.15) is 0 Å². The van der Waals surface area contributed by atoms with Crippen molar-refractivity contribution >= 4 is 28.5 Å². The van der Waals surface area contributed by atoms with Gasteiger partial charge in [-0.25, -0.2) is 4.39 Å². The topological polar surface area (TPSA) is 44.4 Å². The fraction of sp³-hybridized carbons (Fsp3) is 0.318. The number of hydrogen-bond acceptors (Lipinski definition) is 3. The standard InChI is InChI=1S/C22H24FN3O/c1-14-5-4-10-26(13-14)20-9-8-16(11-18(20)23)24-12-17-21-15(2)6-3-7-19(21)25-22(17)27/h3,6-9,11-12,14,24H,4-5,10,13H2,1-2H3,(H,25,27). The number of rotatable bonds is 3. The van der Waals surface area contributed by atoms with Crippen molar-refractivity contribution in [1.29, 1.82) is 0 Å². The molecule has 1 atom stereocenters. The molecular formula is C22H24FN3O. The van der Waals surface area contributed by atoms with Crippen molar-refractivity contribution in [1.82, 2.24) is 0 Å². The number of carbonyl (C=O) groups is 1. The van der Waals surface area contributed by atoms with Crippen LogP contribution in [-0.4, -0.2) is 19.0 Å². The highest BCUT2D eigenvalue weighted by Gasteiger charge is 2.25. The monoisotopic (exact) mass is 365 g/mol. The lowest BCUT2D eigenvalue weighted by Gasteiger charge is -2.33. The van der Waals surface area contributed by atoms with Crippen LogP contribution in [0.5, 0.6) is 0 Å². The number of hydrogen-bond donors (Lipinski definition) is 2. The van der Waals surface area contributed by atoms with Crippen LogP contribution in [0.25, 0.3) is 5.57 Å². The third-order valence-electron chi connectivity index (χ3n) is 5.36. The lowest BCUT2D eigenvalue weighted by Crippen LogP contribution is -2.34. The van der Waals surface area contributed by atoms with Crippen molar-refractivity contribution < 1.29 is 9.18 Å². The van der Waals surface area contributed by atoms with Crippen molar-refractivity contribution in [2.75, 3.05) is 28.6 Å². The first-order chi connectivity index (χ1) is 13.0. The van der Waals surface area contributed by atoms with E-state index in [1.54, 1.807) is 6.20 Å². The number of piperidine rings is 1. The Kier molecular flexibility index (Phi) is 4.60. The maximum absolute atomic E-state index is 14.7. The molecule has 5 heteroatoms. The van der Waals surface area contributed by atoms with Gasteiger partial charge in [0.25, 0.3) is 5.91 Å². The van der Waals surface area contributed by atoms with Gasteiger partial charge >= 0.3 is 0 Å². The van der Waals surface area contributed by atoms with Gasteiger partial charge in [-0.15, -0.1) is 0 Å². The highest BCUT2D eigenvalue weighted by Crippen LogP contribution is 2.34. The first-order valence-corrected chi connectivity index (χ1v) is 9.45. The predicted octanol–water partition coefficient (Wildman–Crippen LogP) is 4.78. The zero-order chi connectivity index (χ0) is 19.0. The average Bonchev–Trinajstić information content (AvgIpc) is 2.96. The number of fused-ring (bicyclic) bond motifs is 1. The molecule has 1 fully saturated rings. The smallest absolute Gasteiger partial charge is 0.257 e. The fourth-order valence-electron chi connectivity index (χ4n) is 3.99. The molecular weight excluding hydrogens is 341 g/mol. The van der Waals surface area contributed by atoms with E-state index in [1.807, 2.05) is 37.3 Å². The van der Waals surface area contributed by atoms with Crippen LogP contribution in [0.2, 0.25) is 0 Å². The minimum atomic E-state index is -0.236. The summed E-state index contributed by atoms with van der Waals surface area (Å²) in [4.78, 5) is 14.4. The van der Waals surface area contributed by atoms with E-state index in [-0.39, 0.29) is 11.7 Å². The molecule has 4 nitrogen and oxygen atoms in total. The summed E-state index contributed by atoms with van der Waals surface area (Å²) in [6.07, 6.45) is 3.96. The molecule has 0 spiro atoms. The molecule has 4 rings (SSSR count). The summed E-state index contributed by atoms with van der Waals surface area (Å²) in [5.41, 5.74) is 4.59. The summed E-state index contributed by atoms with van der Waals surface area (Å²) in [6.45, 7) is 5.97. The van der Waals surface area contributed by atoms with Gasteiger partial charge in [-0.05, 0) is 55.5 Å². The van der Waals surface area contributed by atoms with Crippen molar-refractivity contribution in [3.63, 3.8) is 0 Å². The minimum Gasteiger partial charge on any atom is -0.369 e. The second kappa shape index (κ2) is 7.06. The molecule has 0 aliphatic carbocycles. The molecule has 0 saturated carbocycles. The summed E-state index contributed by atoms with van der Waals surface area (Å²) in [5, 5.41) is 5.95. The molecule has 2 N–H and O–H groups in total. The summed E-state index contributed by atoms with van der Waals surface area (Å²) >= 11 is 0. The molecule has 0 aromatic heterocycles. The maximum atomic E-state index is 14.7. The van der Waals surface area contributed by atoms with E-state index < -0.39 is 0 Å². The number of nitrogens with one attached hydrogen (secondary N) is 2. The largest absolute Gasteiger partial charge is 0.369 e. The predicted molar refractivity (Wildman–Crippen MR) is 108 cm³/mol. The van der Waals surface area contributed by atoms with Crippen molar-refractivity contribution in [2.24, 2.45) is 5.92 Å². The highest BCUT2D eigenvalue weighted by molar-refractivity contribution is 6.32.